The van der Waals surface area contributed by atoms with Gasteiger partial charge in [0.05, 0.1) is 11.7 Å². The van der Waals surface area contributed by atoms with Crippen LogP contribution in [0.2, 0.25) is 0 Å². The standard InChI is InChI=1S/C25H32N4O/c1-24-11-8-17-15(4-7-21-25(17,2)12-9-22(30)29(21)3)16(24)5-6-18(24)23-27-19-10-13-26-14-20(19)28-23/h9-10,12-18,21H,4-8,11H2,1-3H3,(H,27,28)/t15-,16-,17-,18+,21+,24-,25+/m0/s1. The minimum Gasteiger partial charge on any atom is -0.342 e. The van der Waals surface area contributed by atoms with Crippen LogP contribution in [0.5, 0.6) is 0 Å². The van der Waals surface area contributed by atoms with E-state index in [1.807, 2.05) is 36.5 Å². The van der Waals surface area contributed by atoms with Gasteiger partial charge in [-0.3, -0.25) is 9.78 Å². The van der Waals surface area contributed by atoms with Gasteiger partial charge in [-0.15, -0.1) is 0 Å². The van der Waals surface area contributed by atoms with Crippen LogP contribution in [0.25, 0.3) is 11.0 Å². The van der Waals surface area contributed by atoms with Crippen molar-refractivity contribution < 1.29 is 4.79 Å². The van der Waals surface area contributed by atoms with E-state index in [9.17, 15) is 4.79 Å². The van der Waals surface area contributed by atoms with Gasteiger partial charge < -0.3 is 9.88 Å². The highest BCUT2D eigenvalue weighted by Crippen LogP contribution is 2.67. The van der Waals surface area contributed by atoms with Crippen LogP contribution in [0.3, 0.4) is 0 Å². The molecule has 3 aliphatic carbocycles. The number of nitrogens with zero attached hydrogens (tertiary/aromatic N) is 3. The summed E-state index contributed by atoms with van der Waals surface area (Å²) in [6.45, 7) is 4.97. The topological polar surface area (TPSA) is 61.9 Å². The number of nitrogens with one attached hydrogen (secondary N) is 1. The molecule has 7 atom stereocenters. The van der Waals surface area contributed by atoms with Crippen molar-refractivity contribution in [1.82, 2.24) is 19.9 Å². The fourth-order valence-electron chi connectivity index (χ4n) is 8.23. The lowest BCUT2D eigenvalue weighted by Gasteiger charge is -2.60. The maximum Gasteiger partial charge on any atom is 0.246 e. The van der Waals surface area contributed by atoms with Crippen molar-refractivity contribution in [3.8, 4) is 0 Å². The Hall–Kier alpha value is -2.17. The van der Waals surface area contributed by atoms with E-state index in [0.29, 0.717) is 23.3 Å². The molecule has 1 aliphatic heterocycles. The zero-order valence-corrected chi connectivity index (χ0v) is 18.3. The van der Waals surface area contributed by atoms with Gasteiger partial charge in [0.2, 0.25) is 5.91 Å². The zero-order valence-electron chi connectivity index (χ0n) is 18.3. The van der Waals surface area contributed by atoms with Crippen molar-refractivity contribution in [2.24, 2.45) is 28.6 Å². The molecular weight excluding hydrogens is 372 g/mol. The molecule has 6 rings (SSSR count). The molecule has 0 saturated heterocycles. The third kappa shape index (κ3) is 2.32. The van der Waals surface area contributed by atoms with Crippen molar-refractivity contribution in [2.75, 3.05) is 7.05 Å². The van der Waals surface area contributed by atoms with Crippen molar-refractivity contribution in [3.63, 3.8) is 0 Å². The van der Waals surface area contributed by atoms with Crippen molar-refractivity contribution in [1.29, 1.82) is 0 Å². The summed E-state index contributed by atoms with van der Waals surface area (Å²) in [6, 6.07) is 2.40. The molecule has 158 valence electrons. The third-order valence-corrected chi connectivity index (χ3v) is 9.76. The Morgan fingerprint density at radius 1 is 1.13 bits per heavy atom. The summed E-state index contributed by atoms with van der Waals surface area (Å²) < 4.78 is 0. The maximum atomic E-state index is 12.3. The van der Waals surface area contributed by atoms with Crippen LogP contribution in [0, 0.1) is 28.6 Å². The first-order valence-electron chi connectivity index (χ1n) is 11.7. The second-order valence-corrected chi connectivity index (χ2v) is 10.8. The van der Waals surface area contributed by atoms with Gasteiger partial charge in [0, 0.05) is 30.6 Å². The molecule has 2 aromatic heterocycles. The van der Waals surface area contributed by atoms with E-state index in [1.54, 1.807) is 0 Å². The summed E-state index contributed by atoms with van der Waals surface area (Å²) in [5, 5.41) is 0. The number of pyridine rings is 1. The molecule has 1 N–H and O–H groups in total. The summed E-state index contributed by atoms with van der Waals surface area (Å²) in [5.41, 5.74) is 2.53. The Bertz CT molecular complexity index is 1010. The SMILES string of the molecule is CN1C(=O)C=C[C@]2(C)[C@H]3CC[C@]4(C)[C@@H](c5nc6cnccc6[nH]5)CC[C@H]4[C@@H]3CC[C@@H]12. The Labute approximate surface area is 178 Å². The molecule has 0 aromatic carbocycles. The van der Waals surface area contributed by atoms with Gasteiger partial charge in [-0.2, -0.15) is 0 Å². The quantitative estimate of drug-likeness (QED) is 0.751. The van der Waals surface area contributed by atoms with Crippen molar-refractivity contribution in [2.45, 2.75) is 64.3 Å². The smallest absolute Gasteiger partial charge is 0.246 e. The highest BCUT2D eigenvalue weighted by molar-refractivity contribution is 5.89. The number of hydrogen-bond acceptors (Lipinski definition) is 3. The number of fused-ring (bicyclic) bond motifs is 6. The van der Waals surface area contributed by atoms with Gasteiger partial charge >= 0.3 is 0 Å². The molecule has 4 aliphatic rings. The van der Waals surface area contributed by atoms with E-state index >= 15 is 0 Å². The van der Waals surface area contributed by atoms with Crippen LogP contribution < -0.4 is 0 Å². The molecule has 0 bridgehead atoms. The van der Waals surface area contributed by atoms with Crippen LogP contribution in [0.1, 0.15) is 64.1 Å². The van der Waals surface area contributed by atoms with E-state index in [2.05, 4.69) is 29.9 Å². The molecule has 3 saturated carbocycles. The van der Waals surface area contributed by atoms with Gasteiger partial charge in [-0.05, 0) is 73.8 Å². The fraction of sp³-hybridized carbons (Fsp3) is 0.640. The predicted octanol–water partition coefficient (Wildman–Crippen LogP) is 4.68. The second kappa shape index (κ2) is 6.18. The second-order valence-electron chi connectivity index (χ2n) is 10.8. The van der Waals surface area contributed by atoms with E-state index in [4.69, 9.17) is 4.98 Å². The molecule has 3 heterocycles. The van der Waals surface area contributed by atoms with Crippen LogP contribution in [0.15, 0.2) is 30.6 Å². The first-order chi connectivity index (χ1) is 14.4. The number of hydrogen-bond donors (Lipinski definition) is 1. The highest BCUT2D eigenvalue weighted by atomic mass is 16.2. The lowest BCUT2D eigenvalue weighted by molar-refractivity contribution is -0.138. The minimum atomic E-state index is 0.121. The average molecular weight is 405 g/mol. The number of H-pyrrole nitrogens is 1. The highest BCUT2D eigenvalue weighted by Gasteiger charge is 2.60. The maximum absolute atomic E-state index is 12.3. The largest absolute Gasteiger partial charge is 0.342 e. The Kier molecular flexibility index (Phi) is 3.83. The average Bonchev–Trinajstić information content (AvgIpc) is 3.31. The van der Waals surface area contributed by atoms with Crippen molar-refractivity contribution >= 4 is 16.9 Å². The summed E-state index contributed by atoms with van der Waals surface area (Å²) >= 11 is 0. The van der Waals surface area contributed by atoms with E-state index in [1.165, 1.54) is 37.9 Å². The van der Waals surface area contributed by atoms with Gasteiger partial charge in [-0.1, -0.05) is 19.9 Å². The van der Waals surface area contributed by atoms with E-state index in [-0.39, 0.29) is 11.3 Å². The molecule has 1 amide bonds. The van der Waals surface area contributed by atoms with Crippen molar-refractivity contribution in [3.05, 3.63) is 36.4 Å². The molecule has 5 heteroatoms. The molecule has 0 unspecified atom stereocenters. The first-order valence-corrected chi connectivity index (χ1v) is 11.7. The van der Waals surface area contributed by atoms with Gasteiger partial charge in [0.1, 0.15) is 11.3 Å². The number of aromatic amines is 1. The summed E-state index contributed by atoms with van der Waals surface area (Å²) in [4.78, 5) is 27.1. The van der Waals surface area contributed by atoms with Crippen LogP contribution in [-0.2, 0) is 4.79 Å². The molecule has 2 aromatic rings. The van der Waals surface area contributed by atoms with Crippen LogP contribution >= 0.6 is 0 Å². The summed E-state index contributed by atoms with van der Waals surface area (Å²) in [6.07, 6.45) is 15.3. The predicted molar refractivity (Wildman–Crippen MR) is 117 cm³/mol. The van der Waals surface area contributed by atoms with E-state index < -0.39 is 0 Å². The lowest BCUT2D eigenvalue weighted by Crippen LogP contribution is -2.59. The Morgan fingerprint density at radius 2 is 2.00 bits per heavy atom. The molecule has 30 heavy (non-hydrogen) atoms. The monoisotopic (exact) mass is 404 g/mol. The van der Waals surface area contributed by atoms with Gasteiger partial charge in [0.15, 0.2) is 0 Å². The van der Waals surface area contributed by atoms with E-state index in [0.717, 1.165) is 29.3 Å². The lowest BCUT2D eigenvalue weighted by atomic mass is 9.47. The summed E-state index contributed by atoms with van der Waals surface area (Å²) in [5.74, 6) is 4.04. The first kappa shape index (κ1) is 18.6. The number of carbonyl (C=O) groups is 1. The Morgan fingerprint density at radius 3 is 2.83 bits per heavy atom. The van der Waals surface area contributed by atoms with Crippen LogP contribution in [-0.4, -0.2) is 38.8 Å². The Balaban J connectivity index is 1.34. The number of likely N-dealkylation sites (N-methyl/N-ethyl adjacent to an activating group) is 1. The molecular formula is C25H32N4O. The molecule has 5 nitrogen and oxygen atoms in total. The third-order valence-electron chi connectivity index (χ3n) is 9.76. The number of carbonyl (C=O) groups excluding carboxylic acids is 1. The zero-order chi connectivity index (χ0) is 20.7. The molecule has 3 fully saturated rings. The van der Waals surface area contributed by atoms with Crippen LogP contribution in [0.4, 0.5) is 0 Å². The summed E-state index contributed by atoms with van der Waals surface area (Å²) in [7, 11) is 2.00. The molecule has 0 radical (unpaired) electrons. The minimum absolute atomic E-state index is 0.121. The fourth-order valence-corrected chi connectivity index (χ4v) is 8.23. The van der Waals surface area contributed by atoms with Gasteiger partial charge in [0.25, 0.3) is 0 Å². The normalized spacial score (nSPS) is 42.8. The number of rotatable bonds is 1. The number of amides is 1. The number of aromatic nitrogens is 3. The van der Waals surface area contributed by atoms with Gasteiger partial charge in [-0.25, -0.2) is 4.98 Å². The number of imidazole rings is 1. The molecule has 0 spiro atoms.